The zero-order valence-electron chi connectivity index (χ0n) is 11.3. The summed E-state index contributed by atoms with van der Waals surface area (Å²) in [5.74, 6) is 0.314. The van der Waals surface area contributed by atoms with Gasteiger partial charge < -0.3 is 10.6 Å². The maximum Gasteiger partial charge on any atom is 0.142 e. The van der Waals surface area contributed by atoms with E-state index in [0.717, 1.165) is 41.9 Å². The van der Waals surface area contributed by atoms with Gasteiger partial charge in [0, 0.05) is 48.7 Å². The van der Waals surface area contributed by atoms with Crippen LogP contribution in [0, 0.1) is 11.3 Å². The highest BCUT2D eigenvalue weighted by molar-refractivity contribution is 5.78. The molecule has 0 aromatic carbocycles. The Bertz CT molecular complexity index is 688. The molecule has 3 rings (SSSR count). The SMILES string of the molecule is CN1CCc2nc(N)c(C#N)c(-c3cccnc3)c2C1. The third-order valence-corrected chi connectivity index (χ3v) is 3.63. The molecule has 0 radical (unpaired) electrons. The first kappa shape index (κ1) is 12.6. The molecular weight excluding hydrogens is 250 g/mol. The molecule has 0 unspecified atom stereocenters. The Kier molecular flexibility index (Phi) is 3.09. The van der Waals surface area contributed by atoms with Crippen LogP contribution in [0.15, 0.2) is 24.5 Å². The van der Waals surface area contributed by atoms with E-state index < -0.39 is 0 Å². The molecule has 2 aromatic heterocycles. The largest absolute Gasteiger partial charge is 0.383 e. The molecule has 0 amide bonds. The molecule has 0 bridgehead atoms. The fourth-order valence-corrected chi connectivity index (χ4v) is 2.66. The Balaban J connectivity index is 2.30. The van der Waals surface area contributed by atoms with Crippen molar-refractivity contribution in [1.29, 1.82) is 5.26 Å². The summed E-state index contributed by atoms with van der Waals surface area (Å²) in [4.78, 5) is 10.8. The van der Waals surface area contributed by atoms with E-state index in [2.05, 4.69) is 28.0 Å². The number of nitrogens with two attached hydrogens (primary N) is 1. The topological polar surface area (TPSA) is 78.8 Å². The second kappa shape index (κ2) is 4.91. The molecule has 0 fully saturated rings. The van der Waals surface area contributed by atoms with Crippen molar-refractivity contribution < 1.29 is 0 Å². The molecule has 0 spiro atoms. The molecule has 1 aliphatic heterocycles. The highest BCUT2D eigenvalue weighted by atomic mass is 15.1. The lowest BCUT2D eigenvalue weighted by molar-refractivity contribution is 0.310. The summed E-state index contributed by atoms with van der Waals surface area (Å²) in [6, 6.07) is 6.02. The average Bonchev–Trinajstić information content (AvgIpc) is 2.47. The summed E-state index contributed by atoms with van der Waals surface area (Å²) >= 11 is 0. The lowest BCUT2D eigenvalue weighted by Crippen LogP contribution is -2.28. The van der Waals surface area contributed by atoms with Crippen molar-refractivity contribution in [1.82, 2.24) is 14.9 Å². The van der Waals surface area contributed by atoms with Crippen molar-refractivity contribution in [2.24, 2.45) is 0 Å². The van der Waals surface area contributed by atoms with Gasteiger partial charge in [0.1, 0.15) is 17.5 Å². The van der Waals surface area contributed by atoms with E-state index in [-0.39, 0.29) is 0 Å². The zero-order valence-corrected chi connectivity index (χ0v) is 11.3. The Morgan fingerprint density at radius 3 is 3.00 bits per heavy atom. The maximum absolute atomic E-state index is 9.42. The molecule has 5 nitrogen and oxygen atoms in total. The first-order valence-electron chi connectivity index (χ1n) is 6.51. The van der Waals surface area contributed by atoms with Crippen molar-refractivity contribution in [3.05, 3.63) is 41.3 Å². The van der Waals surface area contributed by atoms with E-state index in [1.165, 1.54) is 0 Å². The molecule has 0 saturated heterocycles. The van der Waals surface area contributed by atoms with Crippen molar-refractivity contribution in [3.63, 3.8) is 0 Å². The molecule has 5 heteroatoms. The normalized spacial score (nSPS) is 14.6. The van der Waals surface area contributed by atoms with Crippen LogP contribution in [0.1, 0.15) is 16.8 Å². The maximum atomic E-state index is 9.42. The van der Waals surface area contributed by atoms with Crippen LogP contribution in [0.5, 0.6) is 0 Å². The number of rotatable bonds is 1. The third-order valence-electron chi connectivity index (χ3n) is 3.63. The van der Waals surface area contributed by atoms with Gasteiger partial charge in [0.15, 0.2) is 0 Å². The minimum absolute atomic E-state index is 0.314. The standard InChI is InChI=1S/C15H15N5/c1-20-6-4-13-12(9-20)14(10-3-2-5-18-8-10)11(7-16)15(17)19-13/h2-3,5,8H,4,6,9H2,1H3,(H2,17,19). The predicted octanol–water partition coefficient (Wildman–Crippen LogP) is 1.59. The Labute approximate surface area is 117 Å². The smallest absolute Gasteiger partial charge is 0.142 e. The zero-order chi connectivity index (χ0) is 14.1. The summed E-state index contributed by atoms with van der Waals surface area (Å²) in [5.41, 5.74) is 10.3. The number of nitrogen functional groups attached to an aromatic ring is 1. The molecule has 20 heavy (non-hydrogen) atoms. The van der Waals surface area contributed by atoms with Crippen molar-refractivity contribution in [2.75, 3.05) is 19.3 Å². The van der Waals surface area contributed by atoms with Gasteiger partial charge in [0.2, 0.25) is 0 Å². The van der Waals surface area contributed by atoms with Gasteiger partial charge in [-0.25, -0.2) is 4.98 Å². The average molecular weight is 265 g/mol. The molecule has 0 atom stereocenters. The molecule has 3 heterocycles. The van der Waals surface area contributed by atoms with Crippen molar-refractivity contribution in [2.45, 2.75) is 13.0 Å². The molecular formula is C15H15N5. The number of nitriles is 1. The molecule has 0 aliphatic carbocycles. The molecule has 2 aromatic rings. The van der Waals surface area contributed by atoms with Crippen molar-refractivity contribution >= 4 is 5.82 Å². The van der Waals surface area contributed by atoms with Gasteiger partial charge in [-0.1, -0.05) is 6.07 Å². The van der Waals surface area contributed by atoms with Gasteiger partial charge in [-0.15, -0.1) is 0 Å². The second-order valence-electron chi connectivity index (χ2n) is 5.01. The van der Waals surface area contributed by atoms with Crippen molar-refractivity contribution in [3.8, 4) is 17.2 Å². The van der Waals surface area contributed by atoms with Gasteiger partial charge in [-0.3, -0.25) is 4.98 Å². The van der Waals surface area contributed by atoms with Gasteiger partial charge in [-0.2, -0.15) is 5.26 Å². The van der Waals surface area contributed by atoms with Gasteiger partial charge in [0.25, 0.3) is 0 Å². The Morgan fingerprint density at radius 2 is 2.30 bits per heavy atom. The van der Waals surface area contributed by atoms with E-state index >= 15 is 0 Å². The van der Waals surface area contributed by atoms with Crippen LogP contribution in [0.25, 0.3) is 11.1 Å². The van der Waals surface area contributed by atoms with Gasteiger partial charge >= 0.3 is 0 Å². The summed E-state index contributed by atoms with van der Waals surface area (Å²) in [7, 11) is 2.07. The molecule has 2 N–H and O–H groups in total. The number of likely N-dealkylation sites (N-methyl/N-ethyl adjacent to an activating group) is 1. The fraction of sp³-hybridized carbons (Fsp3) is 0.267. The lowest BCUT2D eigenvalue weighted by Gasteiger charge is -2.27. The molecule has 0 saturated carbocycles. The van der Waals surface area contributed by atoms with Crippen LogP contribution in [-0.4, -0.2) is 28.5 Å². The number of hydrogen-bond acceptors (Lipinski definition) is 5. The first-order chi connectivity index (χ1) is 9.70. The highest BCUT2D eigenvalue weighted by Gasteiger charge is 2.23. The molecule has 100 valence electrons. The number of aromatic nitrogens is 2. The quantitative estimate of drug-likeness (QED) is 0.847. The van der Waals surface area contributed by atoms with E-state index in [1.54, 1.807) is 12.4 Å². The van der Waals surface area contributed by atoms with E-state index in [1.807, 2.05) is 12.1 Å². The first-order valence-corrected chi connectivity index (χ1v) is 6.51. The van der Waals surface area contributed by atoms with Crippen LogP contribution in [0.3, 0.4) is 0 Å². The minimum atomic E-state index is 0.314. The van der Waals surface area contributed by atoms with Crippen LogP contribution in [0.4, 0.5) is 5.82 Å². The fourth-order valence-electron chi connectivity index (χ4n) is 2.66. The number of fused-ring (bicyclic) bond motifs is 1. The number of nitrogens with zero attached hydrogens (tertiary/aromatic N) is 4. The minimum Gasteiger partial charge on any atom is -0.383 e. The summed E-state index contributed by atoms with van der Waals surface area (Å²) < 4.78 is 0. The Morgan fingerprint density at radius 1 is 1.45 bits per heavy atom. The second-order valence-corrected chi connectivity index (χ2v) is 5.01. The van der Waals surface area contributed by atoms with E-state index in [0.29, 0.717) is 11.4 Å². The molecule has 1 aliphatic rings. The van der Waals surface area contributed by atoms with E-state index in [9.17, 15) is 5.26 Å². The van der Waals surface area contributed by atoms with Gasteiger partial charge in [0.05, 0.1) is 0 Å². The summed E-state index contributed by atoms with van der Waals surface area (Å²) in [5, 5.41) is 9.42. The number of pyridine rings is 2. The van der Waals surface area contributed by atoms with E-state index in [4.69, 9.17) is 5.73 Å². The number of hydrogen-bond donors (Lipinski definition) is 1. The predicted molar refractivity (Wildman–Crippen MR) is 76.6 cm³/mol. The lowest BCUT2D eigenvalue weighted by atomic mass is 9.92. The van der Waals surface area contributed by atoms with Crippen LogP contribution in [0.2, 0.25) is 0 Å². The Hall–Kier alpha value is -2.45. The monoisotopic (exact) mass is 265 g/mol. The summed E-state index contributed by atoms with van der Waals surface area (Å²) in [6.07, 6.45) is 4.35. The van der Waals surface area contributed by atoms with Crippen LogP contribution in [-0.2, 0) is 13.0 Å². The van der Waals surface area contributed by atoms with Gasteiger partial charge in [-0.05, 0) is 18.7 Å². The highest BCUT2D eigenvalue weighted by Crippen LogP contribution is 2.34. The third kappa shape index (κ3) is 2.00. The van der Waals surface area contributed by atoms with Crippen LogP contribution >= 0.6 is 0 Å². The number of anilines is 1. The van der Waals surface area contributed by atoms with Crippen LogP contribution < -0.4 is 5.73 Å². The summed E-state index contributed by atoms with van der Waals surface area (Å²) in [6.45, 7) is 1.74.